The number of phenols is 1. The van der Waals surface area contributed by atoms with E-state index in [0.29, 0.717) is 12.3 Å². The van der Waals surface area contributed by atoms with Crippen LogP contribution >= 0.6 is 0 Å². The number of nitrogens with two attached hydrogens (primary N) is 1. The lowest BCUT2D eigenvalue weighted by molar-refractivity contribution is 0.479. The highest BCUT2D eigenvalue weighted by Crippen LogP contribution is 2.14. The Balaban J connectivity index is 3.09. The molecule has 1 aromatic rings. The normalized spacial score (nSPS) is 11.7. The summed E-state index contributed by atoms with van der Waals surface area (Å²) in [6, 6.07) is 5.85. The lowest BCUT2D eigenvalue weighted by atomic mass is 10.1. The molecule has 0 heterocycles. The smallest absolute Gasteiger partial charge is 0.114 e. The molecule has 0 atom stereocenters. The third-order valence-corrected chi connectivity index (χ3v) is 4.32. The van der Waals surface area contributed by atoms with Crippen molar-refractivity contribution in [2.75, 3.05) is 6.54 Å². The molecule has 0 amide bonds. The van der Waals surface area contributed by atoms with Crippen molar-refractivity contribution >= 4 is 13.3 Å². The standard InChI is InChI=1S/C11H19NOSi/c1-14(2,3)11-8-9(6-7-12)4-5-10(11)13/h4-5,8,13H,6-7,12H2,1-3H3. The molecule has 0 fully saturated rings. The Hall–Kier alpha value is -0.803. The molecule has 0 radical (unpaired) electrons. The van der Waals surface area contributed by atoms with Crippen LogP contribution < -0.4 is 10.9 Å². The maximum atomic E-state index is 9.74. The fraction of sp³-hybridized carbons (Fsp3) is 0.455. The van der Waals surface area contributed by atoms with Gasteiger partial charge in [0.25, 0.3) is 0 Å². The molecule has 0 spiro atoms. The quantitative estimate of drug-likeness (QED) is 0.740. The minimum atomic E-state index is -1.43. The number of hydrogen-bond donors (Lipinski definition) is 2. The second-order valence-corrected chi connectivity index (χ2v) is 9.68. The fourth-order valence-electron chi connectivity index (χ4n) is 1.51. The highest BCUT2D eigenvalue weighted by Gasteiger charge is 2.20. The van der Waals surface area contributed by atoms with Crippen LogP contribution in [0.5, 0.6) is 5.75 Å². The Morgan fingerprint density at radius 2 is 1.93 bits per heavy atom. The Morgan fingerprint density at radius 1 is 1.29 bits per heavy atom. The van der Waals surface area contributed by atoms with E-state index in [1.165, 1.54) is 5.56 Å². The van der Waals surface area contributed by atoms with E-state index < -0.39 is 8.07 Å². The van der Waals surface area contributed by atoms with Crippen LogP contribution in [-0.2, 0) is 6.42 Å². The van der Waals surface area contributed by atoms with Gasteiger partial charge in [0.05, 0.1) is 8.07 Å². The fourth-order valence-corrected chi connectivity index (χ4v) is 2.98. The molecule has 0 bridgehead atoms. The summed E-state index contributed by atoms with van der Waals surface area (Å²) >= 11 is 0. The Morgan fingerprint density at radius 3 is 2.43 bits per heavy atom. The molecular weight excluding hydrogens is 190 g/mol. The molecule has 2 nitrogen and oxygen atoms in total. The van der Waals surface area contributed by atoms with Crippen molar-refractivity contribution in [2.24, 2.45) is 5.73 Å². The minimum Gasteiger partial charge on any atom is -0.508 e. The first-order chi connectivity index (χ1) is 6.45. The molecule has 3 N–H and O–H groups in total. The highest BCUT2D eigenvalue weighted by molar-refractivity contribution is 6.89. The van der Waals surface area contributed by atoms with Gasteiger partial charge in [0.2, 0.25) is 0 Å². The van der Waals surface area contributed by atoms with Crippen LogP contribution in [0.3, 0.4) is 0 Å². The van der Waals surface area contributed by atoms with Gasteiger partial charge in [0, 0.05) is 0 Å². The van der Waals surface area contributed by atoms with E-state index in [1.54, 1.807) is 6.07 Å². The maximum absolute atomic E-state index is 9.74. The number of phenolic OH excluding ortho intramolecular Hbond substituents is 1. The van der Waals surface area contributed by atoms with Gasteiger partial charge in [-0.15, -0.1) is 0 Å². The highest BCUT2D eigenvalue weighted by atomic mass is 28.3. The van der Waals surface area contributed by atoms with Crippen molar-refractivity contribution in [3.05, 3.63) is 23.8 Å². The van der Waals surface area contributed by atoms with E-state index in [9.17, 15) is 5.11 Å². The molecule has 78 valence electrons. The summed E-state index contributed by atoms with van der Waals surface area (Å²) < 4.78 is 0. The first kappa shape index (κ1) is 11.3. The summed E-state index contributed by atoms with van der Waals surface area (Å²) in [5.41, 5.74) is 6.73. The van der Waals surface area contributed by atoms with Gasteiger partial charge in [-0.2, -0.15) is 0 Å². The summed E-state index contributed by atoms with van der Waals surface area (Å²) in [7, 11) is -1.43. The summed E-state index contributed by atoms with van der Waals surface area (Å²) in [5, 5.41) is 10.9. The third kappa shape index (κ3) is 2.59. The predicted molar refractivity (Wildman–Crippen MR) is 63.8 cm³/mol. The summed E-state index contributed by atoms with van der Waals surface area (Å²) in [4.78, 5) is 0. The summed E-state index contributed by atoms with van der Waals surface area (Å²) in [5.74, 6) is 0.435. The zero-order valence-electron chi connectivity index (χ0n) is 9.17. The van der Waals surface area contributed by atoms with E-state index in [-0.39, 0.29) is 0 Å². The van der Waals surface area contributed by atoms with Crippen LogP contribution in [0.4, 0.5) is 0 Å². The Kier molecular flexibility index (Phi) is 3.34. The molecule has 0 unspecified atom stereocenters. The number of hydrogen-bond acceptors (Lipinski definition) is 2. The van der Waals surface area contributed by atoms with Gasteiger partial charge in [0.15, 0.2) is 0 Å². The minimum absolute atomic E-state index is 0.435. The lowest BCUT2D eigenvalue weighted by Gasteiger charge is -2.19. The van der Waals surface area contributed by atoms with Crippen molar-refractivity contribution in [1.29, 1.82) is 0 Å². The van der Waals surface area contributed by atoms with Crippen molar-refractivity contribution < 1.29 is 5.11 Å². The van der Waals surface area contributed by atoms with Crippen LogP contribution in [0.25, 0.3) is 0 Å². The van der Waals surface area contributed by atoms with Crippen molar-refractivity contribution in [3.63, 3.8) is 0 Å². The van der Waals surface area contributed by atoms with E-state index >= 15 is 0 Å². The van der Waals surface area contributed by atoms with Gasteiger partial charge in [0.1, 0.15) is 5.75 Å². The van der Waals surface area contributed by atoms with Gasteiger partial charge in [-0.1, -0.05) is 31.8 Å². The van der Waals surface area contributed by atoms with Crippen molar-refractivity contribution in [2.45, 2.75) is 26.1 Å². The van der Waals surface area contributed by atoms with Gasteiger partial charge in [-0.25, -0.2) is 0 Å². The van der Waals surface area contributed by atoms with Crippen LogP contribution in [0, 0.1) is 0 Å². The van der Waals surface area contributed by atoms with Gasteiger partial charge >= 0.3 is 0 Å². The maximum Gasteiger partial charge on any atom is 0.114 e. The van der Waals surface area contributed by atoms with Crippen LogP contribution in [0.15, 0.2) is 18.2 Å². The average molecular weight is 209 g/mol. The molecule has 0 aromatic heterocycles. The molecule has 14 heavy (non-hydrogen) atoms. The SMILES string of the molecule is C[Si](C)(C)c1cc(CCN)ccc1O. The molecule has 0 aliphatic heterocycles. The summed E-state index contributed by atoms with van der Waals surface area (Å²) in [6.45, 7) is 7.35. The molecule has 1 aromatic carbocycles. The van der Waals surface area contributed by atoms with E-state index in [0.717, 1.165) is 11.6 Å². The molecule has 0 aliphatic rings. The molecule has 1 rings (SSSR count). The zero-order valence-corrected chi connectivity index (χ0v) is 10.2. The topological polar surface area (TPSA) is 46.2 Å². The Bertz CT molecular complexity index is 318. The van der Waals surface area contributed by atoms with Gasteiger partial charge < -0.3 is 10.8 Å². The van der Waals surface area contributed by atoms with Crippen LogP contribution in [0.2, 0.25) is 19.6 Å². The number of rotatable bonds is 3. The number of aromatic hydroxyl groups is 1. The molecule has 3 heteroatoms. The van der Waals surface area contributed by atoms with E-state index in [2.05, 4.69) is 25.7 Å². The predicted octanol–water partition coefficient (Wildman–Crippen LogP) is 1.44. The zero-order chi connectivity index (χ0) is 10.8. The largest absolute Gasteiger partial charge is 0.508 e. The van der Waals surface area contributed by atoms with Crippen LogP contribution in [-0.4, -0.2) is 19.7 Å². The number of benzene rings is 1. The molecule has 0 aliphatic carbocycles. The van der Waals surface area contributed by atoms with E-state index in [4.69, 9.17) is 5.73 Å². The monoisotopic (exact) mass is 209 g/mol. The van der Waals surface area contributed by atoms with Gasteiger partial charge in [-0.05, 0) is 29.8 Å². The van der Waals surface area contributed by atoms with Gasteiger partial charge in [-0.3, -0.25) is 0 Å². The van der Waals surface area contributed by atoms with Crippen LogP contribution in [0.1, 0.15) is 5.56 Å². The molecular formula is C11H19NOSi. The first-order valence-corrected chi connectivity index (χ1v) is 8.47. The second-order valence-electron chi connectivity index (χ2n) is 4.64. The first-order valence-electron chi connectivity index (χ1n) is 4.97. The Labute approximate surface area is 86.8 Å². The second kappa shape index (κ2) is 4.15. The lowest BCUT2D eigenvalue weighted by Crippen LogP contribution is -2.38. The third-order valence-electron chi connectivity index (χ3n) is 2.30. The summed E-state index contributed by atoms with van der Waals surface area (Å²) in [6.07, 6.45) is 0.887. The van der Waals surface area contributed by atoms with E-state index in [1.807, 2.05) is 6.07 Å². The molecule has 0 saturated carbocycles. The van der Waals surface area contributed by atoms with Crippen molar-refractivity contribution in [1.82, 2.24) is 0 Å². The van der Waals surface area contributed by atoms with Crippen molar-refractivity contribution in [3.8, 4) is 5.75 Å². The average Bonchev–Trinajstić information content (AvgIpc) is 2.07. The molecule has 0 saturated heterocycles.